The lowest BCUT2D eigenvalue weighted by Crippen LogP contribution is -2.47. The zero-order valence-electron chi connectivity index (χ0n) is 24.6. The van der Waals surface area contributed by atoms with E-state index in [1.54, 1.807) is 12.4 Å². The van der Waals surface area contributed by atoms with E-state index in [4.69, 9.17) is 23.2 Å². The van der Waals surface area contributed by atoms with Gasteiger partial charge in [0.15, 0.2) is 0 Å². The Bertz CT molecular complexity index is 1760. The molecule has 43 heavy (non-hydrogen) atoms. The van der Waals surface area contributed by atoms with Crippen LogP contribution in [0.15, 0.2) is 79.0 Å². The third-order valence-corrected chi connectivity index (χ3v) is 8.76. The van der Waals surface area contributed by atoms with E-state index in [0.29, 0.717) is 33.4 Å². The number of benzene rings is 2. The first-order chi connectivity index (χ1) is 20.5. The van der Waals surface area contributed by atoms with Gasteiger partial charge in [0.1, 0.15) is 13.9 Å². The SMILES string of the molecule is BC(Nc1cc(Cl)c2ncc(C#N)c(NCC(C)(C)C)c2c1)(C1=CN(C2(c3cccnc3)CC2)NN1)c1ccccc1Cl. The Hall–Kier alpha value is -3.97. The molecule has 4 N–H and O–H groups in total. The number of hydrazine groups is 2. The van der Waals surface area contributed by atoms with Crippen molar-refractivity contribution in [1.29, 1.82) is 5.26 Å². The summed E-state index contributed by atoms with van der Waals surface area (Å²) in [5, 5.41) is 21.1. The van der Waals surface area contributed by atoms with E-state index in [2.05, 4.69) is 83.5 Å². The highest BCUT2D eigenvalue weighted by Crippen LogP contribution is 2.51. The number of nitriles is 1. The van der Waals surface area contributed by atoms with Crippen molar-refractivity contribution in [3.63, 3.8) is 0 Å². The standard InChI is InChI=1S/C32H33BCl2N8/c1-30(2,3)19-39-28-20(15-36)16-38-29-23(28)13-22(14-26(29)35)40-32(33,24-8-4-5-9-25(24)34)27-18-43(42-41-27)31(10-11-31)21-7-6-12-37-17-21/h4-9,12-14,16-18,40-42H,10-11,19,33H2,1-3H3,(H,38,39). The molecule has 1 fully saturated rings. The minimum Gasteiger partial charge on any atom is -0.383 e. The van der Waals surface area contributed by atoms with Crippen LogP contribution in [0.25, 0.3) is 10.9 Å². The molecule has 1 saturated carbocycles. The van der Waals surface area contributed by atoms with Crippen LogP contribution in [-0.4, -0.2) is 29.4 Å². The average Bonchev–Trinajstić information content (AvgIpc) is 3.64. The molecule has 1 atom stereocenters. The van der Waals surface area contributed by atoms with Gasteiger partial charge in [-0.15, -0.1) is 5.53 Å². The summed E-state index contributed by atoms with van der Waals surface area (Å²) in [7, 11) is 2.09. The van der Waals surface area contributed by atoms with Crippen LogP contribution in [0.2, 0.25) is 10.0 Å². The predicted octanol–water partition coefficient (Wildman–Crippen LogP) is 6.02. The molecule has 11 heteroatoms. The van der Waals surface area contributed by atoms with Crippen LogP contribution in [0.4, 0.5) is 11.4 Å². The monoisotopic (exact) mass is 610 g/mol. The minimum absolute atomic E-state index is 0.00116. The highest BCUT2D eigenvalue weighted by molar-refractivity contribution is 6.36. The Labute approximate surface area is 262 Å². The van der Waals surface area contributed by atoms with Crippen LogP contribution in [0.5, 0.6) is 0 Å². The lowest BCUT2D eigenvalue weighted by Gasteiger charge is -2.34. The fraction of sp³-hybridized carbons (Fsp3) is 0.281. The van der Waals surface area contributed by atoms with E-state index >= 15 is 0 Å². The van der Waals surface area contributed by atoms with Gasteiger partial charge < -0.3 is 16.1 Å². The Morgan fingerprint density at radius 3 is 2.56 bits per heavy atom. The molecule has 0 saturated heterocycles. The van der Waals surface area contributed by atoms with Gasteiger partial charge in [0.2, 0.25) is 0 Å². The highest BCUT2D eigenvalue weighted by atomic mass is 35.5. The average molecular weight is 611 g/mol. The van der Waals surface area contributed by atoms with Crippen molar-refractivity contribution in [3.8, 4) is 6.07 Å². The van der Waals surface area contributed by atoms with Crippen molar-refractivity contribution in [2.45, 2.75) is 44.6 Å². The normalized spacial score (nSPS) is 17.0. The van der Waals surface area contributed by atoms with E-state index in [9.17, 15) is 5.26 Å². The van der Waals surface area contributed by atoms with Crippen LogP contribution in [0.3, 0.4) is 0 Å². The molecule has 0 radical (unpaired) electrons. The number of fused-ring (bicyclic) bond motifs is 1. The van der Waals surface area contributed by atoms with Crippen molar-refractivity contribution in [3.05, 3.63) is 106 Å². The van der Waals surface area contributed by atoms with Gasteiger partial charge in [-0.1, -0.05) is 68.2 Å². The molecule has 218 valence electrons. The minimum atomic E-state index is -0.804. The van der Waals surface area contributed by atoms with Gasteiger partial charge in [-0.3, -0.25) is 15.0 Å². The number of nitrogens with zero attached hydrogens (tertiary/aromatic N) is 4. The molecule has 1 aliphatic heterocycles. The molecule has 3 heterocycles. The molecule has 1 aliphatic carbocycles. The second-order valence-electron chi connectivity index (χ2n) is 12.6. The number of hydrogen-bond donors (Lipinski definition) is 4. The number of halogens is 2. The Balaban J connectivity index is 1.44. The quantitative estimate of drug-likeness (QED) is 0.180. The number of nitrogens with one attached hydrogen (secondary N) is 4. The molecule has 2 aliphatic rings. The van der Waals surface area contributed by atoms with Crippen molar-refractivity contribution < 1.29 is 0 Å². The van der Waals surface area contributed by atoms with E-state index in [1.165, 1.54) is 0 Å². The summed E-state index contributed by atoms with van der Waals surface area (Å²) in [5.41, 5.74) is 11.3. The molecule has 1 unspecified atom stereocenters. The lowest BCUT2D eigenvalue weighted by molar-refractivity contribution is 0.176. The van der Waals surface area contributed by atoms with Gasteiger partial charge in [0.25, 0.3) is 0 Å². The van der Waals surface area contributed by atoms with E-state index in [1.807, 2.05) is 48.7 Å². The predicted molar refractivity (Wildman–Crippen MR) is 176 cm³/mol. The van der Waals surface area contributed by atoms with Crippen LogP contribution in [-0.2, 0) is 11.0 Å². The van der Waals surface area contributed by atoms with Gasteiger partial charge in [-0.25, -0.2) is 0 Å². The number of anilines is 2. The summed E-state index contributed by atoms with van der Waals surface area (Å²) in [4.78, 5) is 8.88. The van der Waals surface area contributed by atoms with Crippen molar-refractivity contribution in [2.75, 3.05) is 17.2 Å². The van der Waals surface area contributed by atoms with Crippen LogP contribution in [0.1, 0.15) is 50.3 Å². The highest BCUT2D eigenvalue weighted by Gasteiger charge is 2.51. The molecule has 2 aromatic carbocycles. The molecule has 8 nitrogen and oxygen atoms in total. The molecule has 0 bridgehead atoms. The fourth-order valence-corrected chi connectivity index (χ4v) is 6.21. The Morgan fingerprint density at radius 1 is 1.09 bits per heavy atom. The van der Waals surface area contributed by atoms with E-state index < -0.39 is 5.44 Å². The van der Waals surface area contributed by atoms with Gasteiger partial charge in [0, 0.05) is 47.4 Å². The van der Waals surface area contributed by atoms with Crippen LogP contribution < -0.4 is 21.6 Å². The summed E-state index contributed by atoms with van der Waals surface area (Å²) in [6, 6.07) is 18.0. The van der Waals surface area contributed by atoms with Gasteiger partial charge in [0.05, 0.1) is 38.5 Å². The van der Waals surface area contributed by atoms with E-state index in [-0.39, 0.29) is 11.0 Å². The maximum Gasteiger partial charge on any atom is 0.148 e. The van der Waals surface area contributed by atoms with Crippen LogP contribution in [0, 0.1) is 16.7 Å². The second-order valence-corrected chi connectivity index (χ2v) is 13.4. The maximum absolute atomic E-state index is 9.91. The largest absolute Gasteiger partial charge is 0.383 e. The third kappa shape index (κ3) is 5.47. The zero-order valence-corrected chi connectivity index (χ0v) is 26.1. The number of hydrogen-bond acceptors (Lipinski definition) is 8. The molecule has 0 spiro atoms. The Morgan fingerprint density at radius 2 is 1.88 bits per heavy atom. The van der Waals surface area contributed by atoms with Gasteiger partial charge in [-0.2, -0.15) is 5.26 Å². The van der Waals surface area contributed by atoms with Gasteiger partial charge in [-0.05, 0) is 53.6 Å². The molecular formula is C32H33BCl2N8. The summed E-state index contributed by atoms with van der Waals surface area (Å²) in [6.45, 7) is 7.10. The lowest BCUT2D eigenvalue weighted by atomic mass is 9.69. The molecule has 0 amide bonds. The summed E-state index contributed by atoms with van der Waals surface area (Å²) >= 11 is 13.7. The molecule has 6 rings (SSSR count). The molecule has 2 aromatic heterocycles. The second kappa shape index (κ2) is 10.9. The third-order valence-electron chi connectivity index (χ3n) is 8.14. The number of pyridine rings is 2. The maximum atomic E-state index is 9.91. The van der Waals surface area contributed by atoms with Crippen molar-refractivity contribution in [2.24, 2.45) is 5.41 Å². The first kappa shape index (κ1) is 29.1. The summed E-state index contributed by atoms with van der Waals surface area (Å²) in [6.07, 6.45) is 9.41. The molecular weight excluding hydrogens is 578 g/mol. The zero-order chi connectivity index (χ0) is 30.4. The Kier molecular flexibility index (Phi) is 7.41. The summed E-state index contributed by atoms with van der Waals surface area (Å²) in [5.74, 6) is 0. The first-order valence-corrected chi connectivity index (χ1v) is 15.0. The molecule has 4 aromatic rings. The van der Waals surface area contributed by atoms with Crippen molar-refractivity contribution in [1.82, 2.24) is 25.9 Å². The first-order valence-electron chi connectivity index (χ1n) is 14.3. The topological polar surface area (TPSA) is 101 Å². The van der Waals surface area contributed by atoms with Crippen molar-refractivity contribution >= 4 is 53.3 Å². The van der Waals surface area contributed by atoms with Gasteiger partial charge >= 0.3 is 0 Å². The smallest absolute Gasteiger partial charge is 0.148 e. The van der Waals surface area contributed by atoms with E-state index in [0.717, 1.165) is 40.7 Å². The fourth-order valence-electron chi connectivity index (χ4n) is 5.62. The number of aromatic nitrogens is 2. The summed E-state index contributed by atoms with van der Waals surface area (Å²) < 4.78 is 0. The van der Waals surface area contributed by atoms with Crippen LogP contribution >= 0.6 is 23.2 Å². The number of rotatable bonds is 8.